The van der Waals surface area contributed by atoms with Crippen molar-refractivity contribution >= 4 is 32.7 Å². The van der Waals surface area contributed by atoms with E-state index in [1.165, 1.54) is 12.7 Å². The van der Waals surface area contributed by atoms with Crippen LogP contribution in [0.15, 0.2) is 59.1 Å². The minimum absolute atomic E-state index is 0.328. The molecule has 0 bridgehead atoms. The fourth-order valence-corrected chi connectivity index (χ4v) is 3.57. The van der Waals surface area contributed by atoms with Crippen LogP contribution in [0.2, 0.25) is 0 Å². The molecule has 0 fully saturated rings. The van der Waals surface area contributed by atoms with Crippen molar-refractivity contribution in [2.75, 3.05) is 7.11 Å². The first kappa shape index (κ1) is 15.8. The van der Waals surface area contributed by atoms with Gasteiger partial charge in [-0.15, -0.1) is 0 Å². The molecule has 3 aromatic rings. The third-order valence-corrected chi connectivity index (χ3v) is 4.87. The molecule has 0 heterocycles. The maximum absolute atomic E-state index is 12.3. The van der Waals surface area contributed by atoms with Gasteiger partial charge in [0.05, 0.1) is 12.7 Å². The van der Waals surface area contributed by atoms with Crippen LogP contribution in [0.4, 0.5) is 0 Å². The van der Waals surface area contributed by atoms with E-state index in [0.29, 0.717) is 5.56 Å². The summed E-state index contributed by atoms with van der Waals surface area (Å²) in [6.45, 7) is 2.13. The van der Waals surface area contributed by atoms with Crippen LogP contribution in [0, 0.1) is 0 Å². The van der Waals surface area contributed by atoms with Gasteiger partial charge in [0, 0.05) is 10.0 Å². The topological polar surface area (TPSA) is 26.3 Å². The number of aryl methyl sites for hydroxylation is 1. The minimum Gasteiger partial charge on any atom is -0.465 e. The Balaban J connectivity index is 2.31. The van der Waals surface area contributed by atoms with E-state index >= 15 is 0 Å². The van der Waals surface area contributed by atoms with Gasteiger partial charge in [-0.25, -0.2) is 4.79 Å². The molecule has 23 heavy (non-hydrogen) atoms. The Labute approximate surface area is 144 Å². The summed E-state index contributed by atoms with van der Waals surface area (Å²) in [4.78, 5) is 12.3. The molecule has 0 aliphatic carbocycles. The first-order valence-corrected chi connectivity index (χ1v) is 8.34. The third kappa shape index (κ3) is 2.89. The molecule has 116 valence electrons. The Kier molecular flexibility index (Phi) is 4.49. The third-order valence-electron chi connectivity index (χ3n) is 4.04. The van der Waals surface area contributed by atoms with E-state index in [9.17, 15) is 4.79 Å². The summed E-state index contributed by atoms with van der Waals surface area (Å²) in [6, 6.07) is 18.2. The number of fused-ring (bicyclic) bond motifs is 1. The van der Waals surface area contributed by atoms with Crippen molar-refractivity contribution in [1.82, 2.24) is 0 Å². The van der Waals surface area contributed by atoms with Crippen molar-refractivity contribution in [1.29, 1.82) is 0 Å². The molecule has 0 aromatic heterocycles. The Hall–Kier alpha value is -2.13. The molecule has 0 unspecified atom stereocenters. The summed E-state index contributed by atoms with van der Waals surface area (Å²) in [5, 5.41) is 2.09. The highest BCUT2D eigenvalue weighted by molar-refractivity contribution is 9.10. The van der Waals surface area contributed by atoms with Crippen LogP contribution in [0.5, 0.6) is 0 Å². The smallest absolute Gasteiger partial charge is 0.338 e. The van der Waals surface area contributed by atoms with Crippen LogP contribution in [0.25, 0.3) is 21.9 Å². The number of halogens is 1. The lowest BCUT2D eigenvalue weighted by Crippen LogP contribution is -2.04. The van der Waals surface area contributed by atoms with E-state index in [0.717, 1.165) is 32.8 Å². The van der Waals surface area contributed by atoms with Gasteiger partial charge in [-0.1, -0.05) is 55.5 Å². The lowest BCUT2D eigenvalue weighted by atomic mass is 9.94. The van der Waals surface area contributed by atoms with Gasteiger partial charge in [-0.3, -0.25) is 0 Å². The van der Waals surface area contributed by atoms with Crippen molar-refractivity contribution < 1.29 is 9.53 Å². The first-order chi connectivity index (χ1) is 11.2. The first-order valence-electron chi connectivity index (χ1n) is 7.54. The normalized spacial score (nSPS) is 10.7. The number of esters is 1. The van der Waals surface area contributed by atoms with Crippen LogP contribution in [0.1, 0.15) is 22.8 Å². The summed E-state index contributed by atoms with van der Waals surface area (Å²) in [7, 11) is 1.41. The van der Waals surface area contributed by atoms with E-state index in [1.54, 1.807) is 0 Å². The van der Waals surface area contributed by atoms with Crippen LogP contribution >= 0.6 is 15.9 Å². The van der Waals surface area contributed by atoms with E-state index in [-0.39, 0.29) is 5.97 Å². The number of rotatable bonds is 3. The molecule has 0 aliphatic rings. The molecule has 3 rings (SSSR count). The number of hydrogen-bond acceptors (Lipinski definition) is 2. The van der Waals surface area contributed by atoms with Crippen LogP contribution in [-0.2, 0) is 11.2 Å². The number of carbonyl (C=O) groups is 1. The predicted octanol–water partition coefficient (Wildman–Crippen LogP) is 5.62. The Bertz CT molecular complexity index is 867. The van der Waals surface area contributed by atoms with Gasteiger partial charge in [0.25, 0.3) is 0 Å². The van der Waals surface area contributed by atoms with Gasteiger partial charge in [0.1, 0.15) is 0 Å². The zero-order valence-electron chi connectivity index (χ0n) is 13.1. The summed E-state index contributed by atoms with van der Waals surface area (Å²) in [5.74, 6) is -0.328. The molecule has 0 amide bonds. The average Bonchev–Trinajstić information content (AvgIpc) is 2.61. The maximum atomic E-state index is 12.3. The number of hydrogen-bond donors (Lipinski definition) is 0. The van der Waals surface area contributed by atoms with Crippen molar-refractivity contribution in [3.05, 3.63) is 70.2 Å². The second-order valence-corrected chi connectivity index (χ2v) is 6.17. The lowest BCUT2D eigenvalue weighted by molar-refractivity contribution is 0.0601. The molecule has 0 saturated carbocycles. The molecule has 0 spiro atoms. The van der Waals surface area contributed by atoms with Gasteiger partial charge in [-0.2, -0.15) is 0 Å². The van der Waals surface area contributed by atoms with Gasteiger partial charge in [0.15, 0.2) is 0 Å². The standard InChI is InChI=1S/C20H17BrO2/c1-3-13-8-10-14(11-9-13)18-17(20(22)23-2)12-15-6-4-5-7-16(15)19(18)21/h4-12H,3H2,1-2H3. The minimum atomic E-state index is -0.328. The maximum Gasteiger partial charge on any atom is 0.338 e. The zero-order valence-corrected chi connectivity index (χ0v) is 14.7. The second kappa shape index (κ2) is 6.55. The van der Waals surface area contributed by atoms with Crippen LogP contribution in [0.3, 0.4) is 0 Å². The molecule has 0 aliphatic heterocycles. The molecule has 0 atom stereocenters. The Morgan fingerprint density at radius 1 is 1.09 bits per heavy atom. The summed E-state index contributed by atoms with van der Waals surface area (Å²) in [6.07, 6.45) is 0.989. The van der Waals surface area contributed by atoms with Gasteiger partial charge >= 0.3 is 5.97 Å². The predicted molar refractivity (Wildman–Crippen MR) is 97.8 cm³/mol. The summed E-state index contributed by atoms with van der Waals surface area (Å²) < 4.78 is 5.90. The molecular formula is C20H17BrO2. The lowest BCUT2D eigenvalue weighted by Gasteiger charge is -2.14. The van der Waals surface area contributed by atoms with E-state index < -0.39 is 0 Å². The number of ether oxygens (including phenoxy) is 1. The number of carbonyl (C=O) groups excluding carboxylic acids is 1. The number of benzene rings is 3. The van der Waals surface area contributed by atoms with Crippen molar-refractivity contribution in [3.63, 3.8) is 0 Å². The fourth-order valence-electron chi connectivity index (χ4n) is 2.76. The van der Waals surface area contributed by atoms with Gasteiger partial charge < -0.3 is 4.74 Å². The van der Waals surface area contributed by atoms with Crippen LogP contribution in [-0.4, -0.2) is 13.1 Å². The summed E-state index contributed by atoms with van der Waals surface area (Å²) in [5.41, 5.74) is 3.71. The highest BCUT2D eigenvalue weighted by Gasteiger charge is 2.19. The van der Waals surface area contributed by atoms with Gasteiger partial charge in [-0.05, 0) is 50.3 Å². The zero-order chi connectivity index (χ0) is 16.4. The van der Waals surface area contributed by atoms with Crippen molar-refractivity contribution in [2.45, 2.75) is 13.3 Å². The van der Waals surface area contributed by atoms with Crippen molar-refractivity contribution in [2.24, 2.45) is 0 Å². The molecular weight excluding hydrogens is 352 g/mol. The molecule has 0 N–H and O–H groups in total. The monoisotopic (exact) mass is 368 g/mol. The molecule has 0 radical (unpaired) electrons. The highest BCUT2D eigenvalue weighted by atomic mass is 79.9. The Morgan fingerprint density at radius 3 is 2.43 bits per heavy atom. The molecule has 2 nitrogen and oxygen atoms in total. The molecule has 0 saturated heterocycles. The SMILES string of the molecule is CCc1ccc(-c2c(C(=O)OC)cc3ccccc3c2Br)cc1. The fraction of sp³-hybridized carbons (Fsp3) is 0.150. The highest BCUT2D eigenvalue weighted by Crippen LogP contribution is 2.38. The Morgan fingerprint density at radius 2 is 1.78 bits per heavy atom. The van der Waals surface area contributed by atoms with E-state index in [4.69, 9.17) is 4.74 Å². The average molecular weight is 369 g/mol. The summed E-state index contributed by atoms with van der Waals surface area (Å²) >= 11 is 3.69. The van der Waals surface area contributed by atoms with Gasteiger partial charge in [0.2, 0.25) is 0 Å². The van der Waals surface area contributed by atoms with Crippen molar-refractivity contribution in [3.8, 4) is 11.1 Å². The van der Waals surface area contributed by atoms with E-state index in [2.05, 4.69) is 47.1 Å². The molecule has 3 heteroatoms. The van der Waals surface area contributed by atoms with Crippen LogP contribution < -0.4 is 0 Å². The number of methoxy groups -OCH3 is 1. The second-order valence-electron chi connectivity index (χ2n) is 5.38. The molecule has 3 aromatic carbocycles. The quantitative estimate of drug-likeness (QED) is 0.560. The van der Waals surface area contributed by atoms with E-state index in [1.807, 2.05) is 30.3 Å². The largest absolute Gasteiger partial charge is 0.465 e.